The number of carbonyl (C=O) groups excluding carboxylic acids is 1. The number of phenols is 1. The lowest BCUT2D eigenvalue weighted by Gasteiger charge is -2.21. The van der Waals surface area contributed by atoms with Gasteiger partial charge in [0.2, 0.25) is 0 Å². The van der Waals surface area contributed by atoms with Crippen LogP contribution in [0.4, 0.5) is 4.79 Å². The van der Waals surface area contributed by atoms with E-state index in [0.29, 0.717) is 13.0 Å². The van der Waals surface area contributed by atoms with E-state index in [0.717, 1.165) is 5.56 Å². The zero-order valence-electron chi connectivity index (χ0n) is 11.2. The fourth-order valence-electron chi connectivity index (χ4n) is 2.30. The van der Waals surface area contributed by atoms with Gasteiger partial charge in [-0.3, -0.25) is 4.79 Å². The van der Waals surface area contributed by atoms with E-state index in [2.05, 4.69) is 5.32 Å². The highest BCUT2D eigenvalue weighted by Gasteiger charge is 2.31. The predicted octanol–water partition coefficient (Wildman–Crippen LogP) is 1.57. The third-order valence-corrected chi connectivity index (χ3v) is 3.53. The van der Waals surface area contributed by atoms with Crippen molar-refractivity contribution in [2.24, 2.45) is 5.92 Å². The number of nitrogens with zero attached hydrogens (tertiary/aromatic N) is 1. The number of phenolic OH excluding ortho intramolecular Hbond substituents is 1. The summed E-state index contributed by atoms with van der Waals surface area (Å²) in [5, 5.41) is 21.1. The number of carboxylic acid groups (broad SMARTS) is 1. The van der Waals surface area contributed by atoms with E-state index >= 15 is 0 Å². The van der Waals surface area contributed by atoms with Crippen LogP contribution in [-0.2, 0) is 4.79 Å². The van der Waals surface area contributed by atoms with Crippen LogP contribution in [0, 0.1) is 5.92 Å². The Bertz CT molecular complexity index is 518. The molecule has 3 N–H and O–H groups in total. The molecule has 1 fully saturated rings. The van der Waals surface area contributed by atoms with Gasteiger partial charge >= 0.3 is 12.0 Å². The minimum atomic E-state index is -0.860. The minimum absolute atomic E-state index is 0.149. The van der Waals surface area contributed by atoms with E-state index < -0.39 is 11.9 Å². The normalized spacial score (nSPS) is 19.6. The fourth-order valence-corrected chi connectivity index (χ4v) is 2.30. The van der Waals surface area contributed by atoms with Crippen molar-refractivity contribution in [1.82, 2.24) is 10.2 Å². The van der Waals surface area contributed by atoms with Crippen LogP contribution in [-0.4, -0.2) is 40.2 Å². The summed E-state index contributed by atoms with van der Waals surface area (Å²) in [6.45, 7) is 2.51. The van der Waals surface area contributed by atoms with E-state index in [1.807, 2.05) is 13.0 Å². The van der Waals surface area contributed by atoms with Gasteiger partial charge in [0, 0.05) is 13.1 Å². The number of carbonyl (C=O) groups is 2. The van der Waals surface area contributed by atoms with Crippen molar-refractivity contribution in [3.05, 3.63) is 29.8 Å². The van der Waals surface area contributed by atoms with E-state index in [1.54, 1.807) is 18.2 Å². The molecule has 1 aromatic carbocycles. The van der Waals surface area contributed by atoms with Crippen LogP contribution in [0.5, 0.6) is 5.75 Å². The van der Waals surface area contributed by atoms with Gasteiger partial charge in [0.25, 0.3) is 0 Å². The van der Waals surface area contributed by atoms with Crippen LogP contribution in [0.25, 0.3) is 0 Å². The van der Waals surface area contributed by atoms with E-state index in [-0.39, 0.29) is 24.4 Å². The summed E-state index contributed by atoms with van der Waals surface area (Å²) in [5.41, 5.74) is 0.798. The quantitative estimate of drug-likeness (QED) is 0.783. The number of benzene rings is 1. The zero-order valence-corrected chi connectivity index (χ0v) is 11.2. The number of carboxylic acids is 1. The lowest BCUT2D eigenvalue weighted by Crippen LogP contribution is -2.40. The third-order valence-electron chi connectivity index (χ3n) is 3.53. The molecule has 1 aliphatic heterocycles. The van der Waals surface area contributed by atoms with Crippen LogP contribution in [0.1, 0.15) is 24.9 Å². The summed E-state index contributed by atoms with van der Waals surface area (Å²) in [5.74, 6) is -1.19. The fraction of sp³-hybridized carbons (Fsp3) is 0.429. The largest absolute Gasteiger partial charge is 0.508 e. The number of nitrogens with one attached hydrogen (secondary N) is 1. The number of amides is 2. The van der Waals surface area contributed by atoms with Crippen molar-refractivity contribution in [2.75, 3.05) is 13.1 Å². The number of aromatic hydroxyl groups is 1. The Morgan fingerprint density at radius 1 is 1.45 bits per heavy atom. The maximum Gasteiger partial charge on any atom is 0.317 e. The van der Waals surface area contributed by atoms with E-state index in [1.165, 1.54) is 4.90 Å². The van der Waals surface area contributed by atoms with Gasteiger partial charge in [-0.05, 0) is 31.0 Å². The molecular formula is C14H18N2O4. The second-order valence-corrected chi connectivity index (χ2v) is 5.04. The molecule has 0 aliphatic carbocycles. The van der Waals surface area contributed by atoms with Crippen LogP contribution in [0.15, 0.2) is 24.3 Å². The molecule has 0 radical (unpaired) electrons. The number of aliphatic carboxylic acids is 1. The second kappa shape index (κ2) is 5.81. The number of urea groups is 1. The first-order valence-corrected chi connectivity index (χ1v) is 6.54. The maximum atomic E-state index is 12.0. The van der Waals surface area contributed by atoms with Crippen molar-refractivity contribution in [2.45, 2.75) is 19.4 Å². The highest BCUT2D eigenvalue weighted by molar-refractivity contribution is 5.77. The first-order chi connectivity index (χ1) is 9.47. The molecule has 0 bridgehead atoms. The molecule has 2 rings (SSSR count). The van der Waals surface area contributed by atoms with Crippen molar-refractivity contribution in [3.8, 4) is 5.75 Å². The Morgan fingerprint density at radius 3 is 2.80 bits per heavy atom. The first-order valence-electron chi connectivity index (χ1n) is 6.54. The Kier molecular flexibility index (Phi) is 4.12. The highest BCUT2D eigenvalue weighted by atomic mass is 16.4. The van der Waals surface area contributed by atoms with E-state index in [9.17, 15) is 14.7 Å². The second-order valence-electron chi connectivity index (χ2n) is 5.04. The summed E-state index contributed by atoms with van der Waals surface area (Å²) < 4.78 is 0. The lowest BCUT2D eigenvalue weighted by molar-refractivity contribution is -0.141. The summed E-state index contributed by atoms with van der Waals surface area (Å²) in [6.07, 6.45) is 0.489. The predicted molar refractivity (Wildman–Crippen MR) is 72.4 cm³/mol. The van der Waals surface area contributed by atoms with Crippen LogP contribution < -0.4 is 5.32 Å². The number of hydrogen-bond donors (Lipinski definition) is 3. The zero-order chi connectivity index (χ0) is 14.7. The summed E-state index contributed by atoms with van der Waals surface area (Å²) in [6, 6.07) is 6.16. The van der Waals surface area contributed by atoms with Crippen molar-refractivity contribution in [1.29, 1.82) is 0 Å². The van der Waals surface area contributed by atoms with Gasteiger partial charge in [-0.15, -0.1) is 0 Å². The van der Waals surface area contributed by atoms with E-state index in [4.69, 9.17) is 5.11 Å². The Balaban J connectivity index is 1.93. The maximum absolute atomic E-state index is 12.0. The van der Waals surface area contributed by atoms with Gasteiger partial charge in [0.05, 0.1) is 12.0 Å². The molecule has 1 unspecified atom stereocenters. The standard InChI is InChI=1S/C14H18N2O4/c1-9(10-3-2-4-12(17)7-10)15-14(20)16-6-5-11(8-16)13(18)19/h2-4,7,9,11,17H,5-6,8H2,1H3,(H,15,20)(H,18,19)/t9-,11?/m0/s1. The first kappa shape index (κ1) is 14.2. The van der Waals surface area contributed by atoms with Gasteiger partial charge in [0.1, 0.15) is 5.75 Å². The van der Waals surface area contributed by atoms with Gasteiger partial charge in [0.15, 0.2) is 0 Å². The smallest absolute Gasteiger partial charge is 0.317 e. The molecule has 0 aromatic heterocycles. The summed E-state index contributed by atoms with van der Waals surface area (Å²) in [7, 11) is 0. The van der Waals surface area contributed by atoms with Crippen molar-refractivity contribution in [3.63, 3.8) is 0 Å². The van der Waals surface area contributed by atoms with Gasteiger partial charge in [-0.2, -0.15) is 0 Å². The molecule has 0 spiro atoms. The molecule has 108 valence electrons. The molecule has 0 saturated carbocycles. The van der Waals surface area contributed by atoms with Gasteiger partial charge < -0.3 is 20.4 Å². The Labute approximate surface area is 117 Å². The number of hydrogen-bond acceptors (Lipinski definition) is 3. The number of likely N-dealkylation sites (tertiary alicyclic amines) is 1. The topological polar surface area (TPSA) is 89.9 Å². The molecular weight excluding hydrogens is 260 g/mol. The van der Waals surface area contributed by atoms with Crippen LogP contribution in [0.3, 0.4) is 0 Å². The average molecular weight is 278 g/mol. The van der Waals surface area contributed by atoms with Crippen LogP contribution >= 0.6 is 0 Å². The van der Waals surface area contributed by atoms with Crippen LogP contribution in [0.2, 0.25) is 0 Å². The van der Waals surface area contributed by atoms with Crippen molar-refractivity contribution >= 4 is 12.0 Å². The molecule has 1 heterocycles. The molecule has 2 atom stereocenters. The lowest BCUT2D eigenvalue weighted by atomic mass is 10.1. The molecule has 20 heavy (non-hydrogen) atoms. The Morgan fingerprint density at radius 2 is 2.20 bits per heavy atom. The molecule has 2 amide bonds. The molecule has 1 aliphatic rings. The van der Waals surface area contributed by atoms with Crippen molar-refractivity contribution < 1.29 is 19.8 Å². The SMILES string of the molecule is C[C@H](NC(=O)N1CCC(C(=O)O)C1)c1cccc(O)c1. The minimum Gasteiger partial charge on any atom is -0.508 e. The summed E-state index contributed by atoms with van der Waals surface area (Å²) >= 11 is 0. The highest BCUT2D eigenvalue weighted by Crippen LogP contribution is 2.20. The molecule has 1 saturated heterocycles. The molecule has 6 heteroatoms. The van der Waals surface area contributed by atoms with Gasteiger partial charge in [-0.25, -0.2) is 4.79 Å². The van der Waals surface area contributed by atoms with Gasteiger partial charge in [-0.1, -0.05) is 12.1 Å². The molecule has 1 aromatic rings. The number of rotatable bonds is 3. The Hall–Kier alpha value is -2.24. The molecule has 6 nitrogen and oxygen atoms in total. The monoisotopic (exact) mass is 278 g/mol. The summed E-state index contributed by atoms with van der Waals surface area (Å²) in [4.78, 5) is 24.4. The third kappa shape index (κ3) is 3.20. The average Bonchev–Trinajstić information content (AvgIpc) is 2.88.